The first-order valence-corrected chi connectivity index (χ1v) is 9.35. The Bertz CT molecular complexity index is 615. The van der Waals surface area contributed by atoms with Gasteiger partial charge in [0, 0.05) is 31.7 Å². The van der Waals surface area contributed by atoms with Gasteiger partial charge in [-0.15, -0.1) is 0 Å². The molecule has 1 heterocycles. The number of aliphatic imine (C=N–C) groups is 1. The lowest BCUT2D eigenvalue weighted by atomic mass is 9.84. The van der Waals surface area contributed by atoms with Gasteiger partial charge in [0.25, 0.3) is 0 Å². The van der Waals surface area contributed by atoms with E-state index in [9.17, 15) is 18.3 Å². The van der Waals surface area contributed by atoms with Crippen molar-refractivity contribution in [3.05, 3.63) is 29.8 Å². The van der Waals surface area contributed by atoms with E-state index in [1.165, 1.54) is 12.1 Å². The summed E-state index contributed by atoms with van der Waals surface area (Å²) in [7, 11) is 0. The number of rotatable bonds is 9. The molecule has 1 unspecified atom stereocenters. The van der Waals surface area contributed by atoms with Gasteiger partial charge in [-0.1, -0.05) is 12.1 Å². The predicted molar refractivity (Wildman–Crippen MR) is 100 cm³/mol. The average molecular weight is 403 g/mol. The number of benzene rings is 1. The summed E-state index contributed by atoms with van der Waals surface area (Å²) >= 11 is 0. The molecule has 0 aromatic heterocycles. The summed E-state index contributed by atoms with van der Waals surface area (Å²) in [6.45, 7) is 3.78. The van der Waals surface area contributed by atoms with Gasteiger partial charge in [0.05, 0.1) is 13.2 Å². The maximum absolute atomic E-state index is 12.2. The summed E-state index contributed by atoms with van der Waals surface area (Å²) in [6.07, 6.45) is -2.80. The molecule has 1 aromatic carbocycles. The van der Waals surface area contributed by atoms with Crippen molar-refractivity contribution in [2.24, 2.45) is 10.4 Å². The number of hydrogen-bond acceptors (Lipinski definition) is 4. The van der Waals surface area contributed by atoms with Crippen molar-refractivity contribution < 1.29 is 27.8 Å². The maximum Gasteiger partial charge on any atom is 0.422 e. The fraction of sp³-hybridized carbons (Fsp3) is 0.632. The predicted octanol–water partition coefficient (Wildman–Crippen LogP) is 2.47. The number of nitrogens with one attached hydrogen (secondary N) is 2. The third-order valence-electron chi connectivity index (χ3n) is 4.55. The topological polar surface area (TPSA) is 75.1 Å². The summed E-state index contributed by atoms with van der Waals surface area (Å²) in [6, 6.07) is 6.39. The molecule has 28 heavy (non-hydrogen) atoms. The number of guanidine groups is 1. The minimum absolute atomic E-state index is 0.0948. The number of ether oxygens (including phenoxy) is 2. The summed E-state index contributed by atoms with van der Waals surface area (Å²) in [4.78, 5) is 4.52. The smallest absolute Gasteiger partial charge is 0.422 e. The van der Waals surface area contributed by atoms with Crippen LogP contribution in [0.3, 0.4) is 0 Å². The van der Waals surface area contributed by atoms with Gasteiger partial charge in [0.2, 0.25) is 0 Å². The molecule has 1 aliphatic heterocycles. The molecule has 2 rings (SSSR count). The van der Waals surface area contributed by atoms with E-state index in [0.717, 1.165) is 12.0 Å². The highest BCUT2D eigenvalue weighted by Crippen LogP contribution is 2.31. The van der Waals surface area contributed by atoms with Gasteiger partial charge < -0.3 is 25.2 Å². The molecule has 0 spiro atoms. The van der Waals surface area contributed by atoms with Crippen LogP contribution < -0.4 is 15.4 Å². The van der Waals surface area contributed by atoms with Gasteiger partial charge in [-0.3, -0.25) is 0 Å². The molecule has 1 aliphatic rings. The standard InChI is InChI=1S/C19H28F3N3O3/c1-2-23-17(25-12-18(7-9-26)8-10-27-13-18)24-11-15-3-5-16(6-4-15)28-14-19(20,21)22/h3-6,26H,2,7-14H2,1H3,(H2,23,24,25). The first-order valence-electron chi connectivity index (χ1n) is 9.35. The molecule has 158 valence electrons. The Morgan fingerprint density at radius 2 is 2.04 bits per heavy atom. The molecule has 1 atom stereocenters. The molecular weight excluding hydrogens is 375 g/mol. The number of aliphatic hydroxyl groups excluding tert-OH is 1. The van der Waals surface area contributed by atoms with E-state index < -0.39 is 12.8 Å². The van der Waals surface area contributed by atoms with Crippen molar-refractivity contribution >= 4 is 5.96 Å². The number of alkyl halides is 3. The molecule has 0 aliphatic carbocycles. The largest absolute Gasteiger partial charge is 0.484 e. The Morgan fingerprint density at radius 1 is 1.29 bits per heavy atom. The van der Waals surface area contributed by atoms with Crippen LogP contribution in [0.1, 0.15) is 25.3 Å². The Hall–Kier alpha value is -2.00. The molecular formula is C19H28F3N3O3. The van der Waals surface area contributed by atoms with Crippen LogP contribution >= 0.6 is 0 Å². The molecule has 0 saturated carbocycles. The van der Waals surface area contributed by atoms with E-state index in [-0.39, 0.29) is 17.8 Å². The molecule has 9 heteroatoms. The normalized spacial score (nSPS) is 20.2. The van der Waals surface area contributed by atoms with Crippen LogP contribution in [0.4, 0.5) is 13.2 Å². The first kappa shape index (κ1) is 22.3. The number of halogens is 3. The van der Waals surface area contributed by atoms with Crippen molar-refractivity contribution in [3.8, 4) is 5.75 Å². The van der Waals surface area contributed by atoms with Gasteiger partial charge in [0.15, 0.2) is 12.6 Å². The van der Waals surface area contributed by atoms with E-state index in [1.807, 2.05) is 6.92 Å². The van der Waals surface area contributed by atoms with Crippen LogP contribution in [0.15, 0.2) is 29.3 Å². The van der Waals surface area contributed by atoms with Gasteiger partial charge in [-0.25, -0.2) is 4.99 Å². The van der Waals surface area contributed by atoms with E-state index in [1.54, 1.807) is 12.1 Å². The quantitative estimate of drug-likeness (QED) is 0.436. The van der Waals surface area contributed by atoms with Crippen molar-refractivity contribution in [1.29, 1.82) is 0 Å². The van der Waals surface area contributed by atoms with Crippen LogP contribution in [-0.4, -0.2) is 56.8 Å². The van der Waals surface area contributed by atoms with Gasteiger partial charge in [0.1, 0.15) is 5.75 Å². The van der Waals surface area contributed by atoms with Gasteiger partial charge in [-0.05, 0) is 37.5 Å². The monoisotopic (exact) mass is 403 g/mol. The van der Waals surface area contributed by atoms with Crippen LogP contribution in [-0.2, 0) is 11.3 Å². The third-order valence-corrected chi connectivity index (χ3v) is 4.55. The second kappa shape index (κ2) is 10.5. The number of aliphatic hydroxyl groups is 1. The maximum atomic E-state index is 12.2. The van der Waals surface area contributed by atoms with Crippen LogP contribution in [0.25, 0.3) is 0 Å². The zero-order valence-electron chi connectivity index (χ0n) is 16.0. The Balaban J connectivity index is 1.90. The van der Waals surface area contributed by atoms with E-state index in [4.69, 9.17) is 9.47 Å². The fourth-order valence-corrected chi connectivity index (χ4v) is 2.95. The average Bonchev–Trinajstić information content (AvgIpc) is 3.12. The number of hydrogen-bond donors (Lipinski definition) is 3. The molecule has 0 radical (unpaired) electrons. The first-order chi connectivity index (χ1) is 13.4. The summed E-state index contributed by atoms with van der Waals surface area (Å²) in [5.74, 6) is 0.811. The second-order valence-corrected chi connectivity index (χ2v) is 6.87. The van der Waals surface area contributed by atoms with Crippen molar-refractivity contribution in [2.45, 2.75) is 32.5 Å². The molecule has 6 nitrogen and oxygen atoms in total. The minimum atomic E-state index is -4.35. The molecule has 1 saturated heterocycles. The van der Waals surface area contributed by atoms with Gasteiger partial charge in [-0.2, -0.15) is 13.2 Å². The fourth-order valence-electron chi connectivity index (χ4n) is 2.95. The molecule has 3 N–H and O–H groups in total. The summed E-state index contributed by atoms with van der Waals surface area (Å²) in [5.41, 5.74) is 0.758. The highest BCUT2D eigenvalue weighted by molar-refractivity contribution is 5.79. The SMILES string of the molecule is CCNC(=NCc1ccc(OCC(F)(F)F)cc1)NCC1(CCO)CCOC1. The van der Waals surface area contributed by atoms with E-state index in [2.05, 4.69) is 15.6 Å². The Morgan fingerprint density at radius 3 is 2.61 bits per heavy atom. The lowest BCUT2D eigenvalue weighted by molar-refractivity contribution is -0.153. The molecule has 0 bridgehead atoms. The number of nitrogens with zero attached hydrogens (tertiary/aromatic N) is 1. The lowest BCUT2D eigenvalue weighted by Gasteiger charge is -2.27. The van der Waals surface area contributed by atoms with Crippen molar-refractivity contribution in [3.63, 3.8) is 0 Å². The molecule has 1 aromatic rings. The third kappa shape index (κ3) is 7.55. The zero-order valence-corrected chi connectivity index (χ0v) is 16.0. The van der Waals surface area contributed by atoms with Crippen molar-refractivity contribution in [1.82, 2.24) is 10.6 Å². The van der Waals surface area contributed by atoms with E-state index >= 15 is 0 Å². The second-order valence-electron chi connectivity index (χ2n) is 6.87. The summed E-state index contributed by atoms with van der Waals surface area (Å²) < 4.78 is 46.7. The Kier molecular flexibility index (Phi) is 8.37. The zero-order chi connectivity index (χ0) is 20.5. The van der Waals surface area contributed by atoms with E-state index in [0.29, 0.717) is 45.2 Å². The Labute approximate surface area is 163 Å². The minimum Gasteiger partial charge on any atom is -0.484 e. The van der Waals surface area contributed by atoms with Crippen LogP contribution in [0.2, 0.25) is 0 Å². The van der Waals surface area contributed by atoms with Crippen molar-refractivity contribution in [2.75, 3.05) is 39.5 Å². The lowest BCUT2D eigenvalue weighted by Crippen LogP contribution is -2.44. The molecule has 1 fully saturated rings. The highest BCUT2D eigenvalue weighted by Gasteiger charge is 2.34. The summed E-state index contributed by atoms with van der Waals surface area (Å²) in [5, 5.41) is 15.8. The van der Waals surface area contributed by atoms with Crippen LogP contribution in [0.5, 0.6) is 5.75 Å². The highest BCUT2D eigenvalue weighted by atomic mass is 19.4. The molecule has 0 amide bonds. The van der Waals surface area contributed by atoms with Gasteiger partial charge >= 0.3 is 6.18 Å². The van der Waals surface area contributed by atoms with Crippen LogP contribution in [0, 0.1) is 5.41 Å².